The summed E-state index contributed by atoms with van der Waals surface area (Å²) in [7, 11) is 0. The molecule has 0 saturated carbocycles. The van der Waals surface area contributed by atoms with E-state index in [9.17, 15) is 19.2 Å². The molecule has 4 aromatic carbocycles. The highest BCUT2D eigenvalue weighted by Gasteiger charge is 2.33. The molecule has 8 nitrogen and oxygen atoms in total. The van der Waals surface area contributed by atoms with Crippen LogP contribution in [0, 0.1) is 0 Å². The average Bonchev–Trinajstić information content (AvgIpc) is 3.57. The Bertz CT molecular complexity index is 2220. The van der Waals surface area contributed by atoms with Gasteiger partial charge >= 0.3 is 0 Å². The van der Waals surface area contributed by atoms with Crippen LogP contribution < -0.4 is 21.8 Å². The number of aromatic nitrogens is 2. The van der Waals surface area contributed by atoms with Crippen molar-refractivity contribution < 1.29 is 9.59 Å². The molecule has 2 heterocycles. The van der Waals surface area contributed by atoms with Gasteiger partial charge in [0.05, 0.1) is 22.5 Å². The zero-order valence-electron chi connectivity index (χ0n) is 25.7. The third-order valence-corrected chi connectivity index (χ3v) is 9.40. The Hall–Kier alpha value is -5.44. The Labute approximate surface area is 270 Å². The van der Waals surface area contributed by atoms with Gasteiger partial charge in [-0.2, -0.15) is 0 Å². The molecule has 2 aliphatic rings. The van der Waals surface area contributed by atoms with E-state index < -0.39 is 0 Å². The molecule has 0 unspecified atom stereocenters. The van der Waals surface area contributed by atoms with E-state index in [2.05, 4.69) is 10.6 Å². The van der Waals surface area contributed by atoms with Crippen molar-refractivity contribution in [3.8, 4) is 22.5 Å². The number of ketones is 2. The lowest BCUT2D eigenvalue weighted by Gasteiger charge is -2.16. The van der Waals surface area contributed by atoms with Gasteiger partial charge in [-0.05, 0) is 31.6 Å². The van der Waals surface area contributed by atoms with E-state index in [1.54, 1.807) is 21.3 Å². The van der Waals surface area contributed by atoms with Crippen LogP contribution in [0.25, 0.3) is 44.1 Å². The number of carbonyl (C=O) groups is 2. The van der Waals surface area contributed by atoms with E-state index in [1.807, 2.05) is 84.9 Å². The Balaban J connectivity index is 0.915. The minimum Gasteiger partial charge on any atom is -0.315 e. The van der Waals surface area contributed by atoms with Crippen LogP contribution in [0.4, 0.5) is 0 Å². The minimum atomic E-state index is -0.0907. The predicted octanol–water partition coefficient (Wildman–Crippen LogP) is 5.01. The highest BCUT2D eigenvalue weighted by molar-refractivity contribution is 6.27. The van der Waals surface area contributed by atoms with Gasteiger partial charge in [0.2, 0.25) is 0 Å². The van der Waals surface area contributed by atoms with Crippen LogP contribution in [0.5, 0.6) is 0 Å². The Morgan fingerprint density at radius 3 is 1.21 bits per heavy atom. The first-order valence-electron chi connectivity index (χ1n) is 16.1. The van der Waals surface area contributed by atoms with Gasteiger partial charge in [0.15, 0.2) is 11.6 Å². The number of fused-ring (bicyclic) bond motifs is 10. The van der Waals surface area contributed by atoms with Crippen molar-refractivity contribution in [2.75, 3.05) is 26.2 Å². The van der Waals surface area contributed by atoms with Gasteiger partial charge in [0.25, 0.3) is 11.1 Å². The zero-order chi connectivity index (χ0) is 32.1. The number of benzene rings is 4. The molecule has 8 rings (SSSR count). The Morgan fingerprint density at radius 2 is 0.787 bits per heavy atom. The molecule has 0 radical (unpaired) electrons. The van der Waals surface area contributed by atoms with Crippen molar-refractivity contribution >= 4 is 33.1 Å². The highest BCUT2D eigenvalue weighted by atomic mass is 16.1. The summed E-state index contributed by atoms with van der Waals surface area (Å²) in [6.07, 6.45) is 0.845. The summed E-state index contributed by atoms with van der Waals surface area (Å²) < 4.78 is 3.49. The van der Waals surface area contributed by atoms with Gasteiger partial charge in [-0.3, -0.25) is 19.2 Å². The number of rotatable bonds is 10. The van der Waals surface area contributed by atoms with Crippen LogP contribution in [-0.4, -0.2) is 46.9 Å². The smallest absolute Gasteiger partial charge is 0.258 e. The summed E-state index contributed by atoms with van der Waals surface area (Å²) in [5.41, 5.74) is 5.33. The Morgan fingerprint density at radius 1 is 0.426 bits per heavy atom. The van der Waals surface area contributed by atoms with Gasteiger partial charge in [-0.1, -0.05) is 84.9 Å². The summed E-state index contributed by atoms with van der Waals surface area (Å²) >= 11 is 0. The van der Waals surface area contributed by atoms with Crippen LogP contribution in [0.2, 0.25) is 0 Å². The number of nitrogens with zero attached hydrogens (tertiary/aromatic N) is 2. The molecule has 0 spiro atoms. The second-order valence-corrected chi connectivity index (χ2v) is 12.1. The van der Waals surface area contributed by atoms with Crippen molar-refractivity contribution in [1.29, 1.82) is 0 Å². The molecule has 0 fully saturated rings. The van der Waals surface area contributed by atoms with Crippen molar-refractivity contribution in [2.24, 2.45) is 0 Å². The second kappa shape index (κ2) is 11.7. The van der Waals surface area contributed by atoms with Crippen molar-refractivity contribution in [1.82, 2.24) is 19.8 Å². The van der Waals surface area contributed by atoms with E-state index in [0.717, 1.165) is 30.6 Å². The predicted molar refractivity (Wildman–Crippen MR) is 185 cm³/mol. The molecule has 6 aromatic rings. The first-order chi connectivity index (χ1) is 23.1. The molecule has 2 aliphatic carbocycles. The van der Waals surface area contributed by atoms with Gasteiger partial charge < -0.3 is 19.8 Å². The summed E-state index contributed by atoms with van der Waals surface area (Å²) in [6.45, 7) is 3.51. The zero-order valence-corrected chi connectivity index (χ0v) is 25.7. The monoisotopic (exact) mass is 620 g/mol. The lowest BCUT2D eigenvalue weighted by atomic mass is 10.0. The maximum absolute atomic E-state index is 13.6. The van der Waals surface area contributed by atoms with Gasteiger partial charge in [-0.15, -0.1) is 0 Å². The lowest BCUT2D eigenvalue weighted by molar-refractivity contribution is 0.103. The number of hydrogen-bond acceptors (Lipinski definition) is 6. The molecule has 2 aromatic heterocycles. The number of pyridine rings is 2. The molecule has 232 valence electrons. The molecule has 0 amide bonds. The average molecular weight is 621 g/mol. The fraction of sp³-hybridized carbons (Fsp3) is 0.179. The van der Waals surface area contributed by atoms with Crippen LogP contribution in [0.15, 0.2) is 107 Å². The Kier molecular flexibility index (Phi) is 7.24. The third-order valence-electron chi connectivity index (χ3n) is 9.40. The van der Waals surface area contributed by atoms with Crippen molar-refractivity contribution in [3.63, 3.8) is 0 Å². The minimum absolute atomic E-state index is 0.0358. The maximum Gasteiger partial charge on any atom is 0.258 e. The van der Waals surface area contributed by atoms with Gasteiger partial charge in [-0.25, -0.2) is 0 Å². The molecule has 0 bridgehead atoms. The van der Waals surface area contributed by atoms with E-state index in [0.29, 0.717) is 81.4 Å². The van der Waals surface area contributed by atoms with Crippen LogP contribution in [0.3, 0.4) is 0 Å². The highest BCUT2D eigenvalue weighted by Crippen LogP contribution is 2.40. The van der Waals surface area contributed by atoms with E-state index >= 15 is 0 Å². The molecular weight excluding hydrogens is 588 g/mol. The number of hydrogen-bond donors (Lipinski definition) is 2. The SMILES string of the molecule is O=C1c2ccccc2-c2c1c1ccccc1c(=O)n2CCNCCCNCCn1c2c(c3ccccc3c1=O)C(=O)c1ccccc1-2. The topological polar surface area (TPSA) is 102 Å². The van der Waals surface area contributed by atoms with Gasteiger partial charge in [0, 0.05) is 70.0 Å². The largest absolute Gasteiger partial charge is 0.315 e. The first kappa shape index (κ1) is 29.0. The van der Waals surface area contributed by atoms with E-state index in [1.165, 1.54) is 0 Å². The lowest BCUT2D eigenvalue weighted by Crippen LogP contribution is -2.31. The molecule has 0 saturated heterocycles. The van der Waals surface area contributed by atoms with Crippen LogP contribution in [-0.2, 0) is 13.1 Å². The molecule has 47 heavy (non-hydrogen) atoms. The first-order valence-corrected chi connectivity index (χ1v) is 16.1. The summed E-state index contributed by atoms with van der Waals surface area (Å²) in [6, 6.07) is 29.7. The molecular formula is C39H32N4O4. The fourth-order valence-electron chi connectivity index (χ4n) is 7.26. The van der Waals surface area contributed by atoms with E-state index in [4.69, 9.17) is 0 Å². The molecule has 0 aliphatic heterocycles. The summed E-state index contributed by atoms with van der Waals surface area (Å²) in [4.78, 5) is 53.9. The van der Waals surface area contributed by atoms with Crippen LogP contribution in [0.1, 0.15) is 38.3 Å². The summed E-state index contributed by atoms with van der Waals surface area (Å²) in [5, 5.41) is 9.41. The molecule has 2 N–H and O–H groups in total. The van der Waals surface area contributed by atoms with Crippen molar-refractivity contribution in [3.05, 3.63) is 140 Å². The second-order valence-electron chi connectivity index (χ2n) is 12.1. The fourth-order valence-corrected chi connectivity index (χ4v) is 7.26. The van der Waals surface area contributed by atoms with Crippen molar-refractivity contribution in [2.45, 2.75) is 19.5 Å². The quantitative estimate of drug-likeness (QED) is 0.209. The van der Waals surface area contributed by atoms with Gasteiger partial charge in [0.1, 0.15) is 0 Å². The third kappa shape index (κ3) is 4.60. The van der Waals surface area contributed by atoms with Crippen LogP contribution >= 0.6 is 0 Å². The number of carbonyl (C=O) groups excluding carboxylic acids is 2. The normalized spacial score (nSPS) is 12.9. The van der Waals surface area contributed by atoms with E-state index in [-0.39, 0.29) is 22.7 Å². The molecule has 0 atom stereocenters. The summed E-state index contributed by atoms with van der Waals surface area (Å²) in [5.74, 6) is -0.0717. The standard InChI is InChI=1S/C39H32N4O4/c44-36-28-14-5-3-12-26(28)34-32(36)24-10-1-7-16-30(24)38(46)42(34)22-20-40-18-9-19-41-21-23-43-35-27-13-4-6-15-29(27)37(45)33(35)25-11-2-8-17-31(25)39(43)47/h1-8,10-17,40-41H,9,18-23H2. The molecule has 8 heteroatoms. The number of nitrogens with one attached hydrogen (secondary N) is 2. The maximum atomic E-state index is 13.6.